The van der Waals surface area contributed by atoms with E-state index in [1.54, 1.807) is 5.57 Å². The Morgan fingerprint density at radius 2 is 2.20 bits per heavy atom. The van der Waals surface area contributed by atoms with Crippen LogP contribution in [0.15, 0.2) is 23.8 Å². The summed E-state index contributed by atoms with van der Waals surface area (Å²) >= 11 is 0. The Kier molecular flexibility index (Phi) is 4.05. The molecule has 0 aromatic heterocycles. The molecule has 1 saturated carbocycles. The molecule has 2 unspecified atom stereocenters. The largest absolute Gasteiger partial charge is 0.0839 e. The topological polar surface area (TPSA) is 0 Å². The number of fused-ring (bicyclic) bond motifs is 1. The van der Waals surface area contributed by atoms with Crippen LogP contribution in [0.3, 0.4) is 0 Å². The molecule has 15 heavy (non-hydrogen) atoms. The van der Waals surface area contributed by atoms with Crippen molar-refractivity contribution in [3.63, 3.8) is 0 Å². The predicted octanol–water partition coefficient (Wildman–Crippen LogP) is 4.87. The molecular weight excluding hydrogens is 180 g/mol. The first-order valence-corrected chi connectivity index (χ1v) is 6.75. The van der Waals surface area contributed by atoms with E-state index in [1.807, 2.05) is 0 Å². The number of unbranched alkanes of at least 4 members (excludes halogenated alkanes) is 3. The molecule has 0 N–H and O–H groups in total. The van der Waals surface area contributed by atoms with E-state index in [-0.39, 0.29) is 0 Å². The maximum Gasteiger partial charge on any atom is -0.0163 e. The third-order valence-corrected chi connectivity index (χ3v) is 4.00. The molecule has 0 aromatic rings. The molecule has 0 radical (unpaired) electrons. The minimum absolute atomic E-state index is 0.922. The molecule has 2 rings (SSSR count). The van der Waals surface area contributed by atoms with Gasteiger partial charge in [0.25, 0.3) is 0 Å². The van der Waals surface area contributed by atoms with E-state index < -0.39 is 0 Å². The summed E-state index contributed by atoms with van der Waals surface area (Å²) < 4.78 is 0. The van der Waals surface area contributed by atoms with E-state index in [2.05, 4.69) is 25.2 Å². The second-order valence-electron chi connectivity index (χ2n) is 5.26. The van der Waals surface area contributed by atoms with E-state index >= 15 is 0 Å². The van der Waals surface area contributed by atoms with Gasteiger partial charge in [-0.3, -0.25) is 0 Å². The van der Waals surface area contributed by atoms with Crippen molar-refractivity contribution in [2.45, 2.75) is 58.3 Å². The maximum atomic E-state index is 2.38. The van der Waals surface area contributed by atoms with Crippen LogP contribution in [0.4, 0.5) is 0 Å². The fourth-order valence-electron chi connectivity index (χ4n) is 3.10. The van der Waals surface area contributed by atoms with Gasteiger partial charge in [0.2, 0.25) is 0 Å². The lowest BCUT2D eigenvalue weighted by molar-refractivity contribution is 0.443. The number of hydrogen-bond acceptors (Lipinski definition) is 0. The van der Waals surface area contributed by atoms with Gasteiger partial charge in [0.15, 0.2) is 0 Å². The standard InChI is InChI=1S/C15H24/c1-2-3-4-5-8-13-11-14-9-6-7-10-15(14)12-13/h6-7,9,13,15H,2-5,8,10-12H2,1H3. The number of allylic oxidation sites excluding steroid dienone is 4. The Morgan fingerprint density at radius 1 is 1.27 bits per heavy atom. The molecule has 0 heteroatoms. The summed E-state index contributed by atoms with van der Waals surface area (Å²) in [6.07, 6.45) is 18.4. The van der Waals surface area contributed by atoms with E-state index in [0.29, 0.717) is 0 Å². The molecule has 0 spiro atoms. The van der Waals surface area contributed by atoms with Gasteiger partial charge in [-0.2, -0.15) is 0 Å². The minimum Gasteiger partial charge on any atom is -0.0839 e. The lowest BCUT2D eigenvalue weighted by Gasteiger charge is -2.11. The van der Waals surface area contributed by atoms with E-state index in [1.165, 1.54) is 51.4 Å². The Morgan fingerprint density at radius 3 is 3.00 bits per heavy atom. The molecule has 1 fully saturated rings. The fraction of sp³-hybridized carbons (Fsp3) is 0.733. The lowest BCUT2D eigenvalue weighted by atomic mass is 9.94. The summed E-state index contributed by atoms with van der Waals surface area (Å²) in [5.41, 5.74) is 1.75. The average molecular weight is 204 g/mol. The smallest absolute Gasteiger partial charge is 0.0163 e. The van der Waals surface area contributed by atoms with E-state index in [9.17, 15) is 0 Å². The second-order valence-corrected chi connectivity index (χ2v) is 5.26. The van der Waals surface area contributed by atoms with Crippen molar-refractivity contribution in [3.05, 3.63) is 23.8 Å². The van der Waals surface area contributed by atoms with Gasteiger partial charge in [-0.15, -0.1) is 0 Å². The van der Waals surface area contributed by atoms with Crippen molar-refractivity contribution in [3.8, 4) is 0 Å². The molecule has 84 valence electrons. The van der Waals surface area contributed by atoms with Gasteiger partial charge in [-0.25, -0.2) is 0 Å². The number of hydrogen-bond donors (Lipinski definition) is 0. The molecule has 0 aromatic carbocycles. The first kappa shape index (κ1) is 11.0. The first-order valence-electron chi connectivity index (χ1n) is 6.75. The predicted molar refractivity (Wildman–Crippen MR) is 66.8 cm³/mol. The van der Waals surface area contributed by atoms with Crippen molar-refractivity contribution < 1.29 is 0 Å². The Bertz CT molecular complexity index is 247. The van der Waals surface area contributed by atoms with Crippen LogP contribution in [-0.2, 0) is 0 Å². The molecule has 2 aliphatic rings. The van der Waals surface area contributed by atoms with Gasteiger partial charge in [-0.05, 0) is 31.1 Å². The molecule has 0 aliphatic heterocycles. The molecule has 0 saturated heterocycles. The molecule has 2 atom stereocenters. The van der Waals surface area contributed by atoms with Crippen LogP contribution in [-0.4, -0.2) is 0 Å². The van der Waals surface area contributed by atoms with Crippen molar-refractivity contribution >= 4 is 0 Å². The zero-order valence-corrected chi connectivity index (χ0v) is 10.0. The Balaban J connectivity index is 1.69. The highest BCUT2D eigenvalue weighted by Crippen LogP contribution is 2.41. The highest BCUT2D eigenvalue weighted by Gasteiger charge is 2.28. The van der Waals surface area contributed by atoms with Crippen LogP contribution in [0.1, 0.15) is 58.3 Å². The van der Waals surface area contributed by atoms with Crippen LogP contribution < -0.4 is 0 Å². The quantitative estimate of drug-likeness (QED) is 0.560. The van der Waals surface area contributed by atoms with Crippen LogP contribution in [0, 0.1) is 11.8 Å². The highest BCUT2D eigenvalue weighted by atomic mass is 14.3. The minimum atomic E-state index is 0.922. The zero-order valence-electron chi connectivity index (χ0n) is 10.0. The molecular formula is C15H24. The van der Waals surface area contributed by atoms with Crippen LogP contribution >= 0.6 is 0 Å². The first-order chi connectivity index (χ1) is 7.40. The number of rotatable bonds is 5. The fourth-order valence-corrected chi connectivity index (χ4v) is 3.10. The van der Waals surface area contributed by atoms with Crippen molar-refractivity contribution in [2.24, 2.45) is 11.8 Å². The third-order valence-electron chi connectivity index (χ3n) is 4.00. The zero-order chi connectivity index (χ0) is 10.5. The molecule has 2 aliphatic carbocycles. The van der Waals surface area contributed by atoms with E-state index in [0.717, 1.165) is 11.8 Å². The van der Waals surface area contributed by atoms with Gasteiger partial charge >= 0.3 is 0 Å². The van der Waals surface area contributed by atoms with Gasteiger partial charge in [0, 0.05) is 0 Å². The van der Waals surface area contributed by atoms with Gasteiger partial charge in [-0.1, -0.05) is 62.8 Å². The summed E-state index contributed by atoms with van der Waals surface area (Å²) in [6, 6.07) is 0. The highest BCUT2D eigenvalue weighted by molar-refractivity contribution is 5.24. The second kappa shape index (κ2) is 5.53. The van der Waals surface area contributed by atoms with Gasteiger partial charge in [0.1, 0.15) is 0 Å². The summed E-state index contributed by atoms with van der Waals surface area (Å²) in [6.45, 7) is 2.29. The maximum absolute atomic E-state index is 2.38. The Hall–Kier alpha value is -0.520. The van der Waals surface area contributed by atoms with E-state index in [4.69, 9.17) is 0 Å². The van der Waals surface area contributed by atoms with Crippen molar-refractivity contribution in [2.75, 3.05) is 0 Å². The molecule has 0 bridgehead atoms. The molecule has 0 nitrogen and oxygen atoms in total. The summed E-state index contributed by atoms with van der Waals surface area (Å²) in [7, 11) is 0. The van der Waals surface area contributed by atoms with Crippen molar-refractivity contribution in [1.82, 2.24) is 0 Å². The molecule has 0 heterocycles. The summed E-state index contributed by atoms with van der Waals surface area (Å²) in [4.78, 5) is 0. The van der Waals surface area contributed by atoms with Crippen molar-refractivity contribution in [1.29, 1.82) is 0 Å². The normalized spacial score (nSPS) is 29.0. The average Bonchev–Trinajstić information content (AvgIpc) is 2.67. The lowest BCUT2D eigenvalue weighted by Crippen LogP contribution is -1.98. The molecule has 0 amide bonds. The van der Waals surface area contributed by atoms with Gasteiger partial charge in [0.05, 0.1) is 0 Å². The third kappa shape index (κ3) is 2.96. The summed E-state index contributed by atoms with van der Waals surface area (Å²) in [5.74, 6) is 1.93. The summed E-state index contributed by atoms with van der Waals surface area (Å²) in [5, 5.41) is 0. The van der Waals surface area contributed by atoms with Crippen LogP contribution in [0.5, 0.6) is 0 Å². The van der Waals surface area contributed by atoms with Gasteiger partial charge < -0.3 is 0 Å². The van der Waals surface area contributed by atoms with Crippen LogP contribution in [0.25, 0.3) is 0 Å². The SMILES string of the molecule is CCCCCCC1CC2=CC=CCC2C1. The monoisotopic (exact) mass is 204 g/mol. The Labute approximate surface area is 94.5 Å². The van der Waals surface area contributed by atoms with Crippen LogP contribution in [0.2, 0.25) is 0 Å².